The number of benzene rings is 2. The maximum atomic E-state index is 13.6. The topological polar surface area (TPSA) is 86.8 Å². The Morgan fingerprint density at radius 2 is 1.68 bits per heavy atom. The maximum absolute atomic E-state index is 13.6. The van der Waals surface area contributed by atoms with Gasteiger partial charge in [0.15, 0.2) is 0 Å². The van der Waals surface area contributed by atoms with Crippen LogP contribution < -0.4 is 9.62 Å². The molecule has 0 aliphatic rings. The van der Waals surface area contributed by atoms with E-state index < -0.39 is 34.1 Å². The summed E-state index contributed by atoms with van der Waals surface area (Å²) < 4.78 is 26.2. The van der Waals surface area contributed by atoms with Crippen LogP contribution in [0, 0.1) is 0 Å². The highest BCUT2D eigenvalue weighted by Gasteiger charge is 2.33. The van der Waals surface area contributed by atoms with Crippen molar-refractivity contribution >= 4 is 50.7 Å². The molecule has 0 spiro atoms. The Morgan fingerprint density at radius 1 is 1.06 bits per heavy atom. The number of hydrogen-bond acceptors (Lipinski definition) is 4. The average Bonchev–Trinajstić information content (AvgIpc) is 2.72. The lowest BCUT2D eigenvalue weighted by Gasteiger charge is -2.34. The van der Waals surface area contributed by atoms with Gasteiger partial charge in [-0.2, -0.15) is 0 Å². The summed E-state index contributed by atoms with van der Waals surface area (Å²) in [6.45, 7) is 6.97. The number of anilines is 1. The largest absolute Gasteiger partial charge is 0.350 e. The molecule has 0 radical (unpaired) electrons. The number of carbonyl (C=O) groups excluding carboxylic acids is 2. The molecule has 0 aliphatic carbocycles. The molecule has 2 amide bonds. The molecule has 1 atom stereocenters. The van der Waals surface area contributed by atoms with E-state index >= 15 is 0 Å². The van der Waals surface area contributed by atoms with E-state index in [4.69, 9.17) is 23.2 Å². The number of carbonyl (C=O) groups is 2. The van der Waals surface area contributed by atoms with Crippen LogP contribution in [-0.2, 0) is 26.2 Å². The van der Waals surface area contributed by atoms with Gasteiger partial charge in [-0.1, -0.05) is 60.5 Å². The van der Waals surface area contributed by atoms with Crippen LogP contribution in [0.4, 0.5) is 5.69 Å². The van der Waals surface area contributed by atoms with Gasteiger partial charge in [0, 0.05) is 17.1 Å². The fraction of sp³-hybridized carbons (Fsp3) is 0.417. The highest BCUT2D eigenvalue weighted by atomic mass is 35.5. The summed E-state index contributed by atoms with van der Waals surface area (Å²) in [5.41, 5.74) is 0.403. The van der Waals surface area contributed by atoms with E-state index in [2.05, 4.69) is 5.32 Å². The zero-order valence-electron chi connectivity index (χ0n) is 20.0. The Bertz CT molecular complexity index is 1120. The van der Waals surface area contributed by atoms with Gasteiger partial charge in [-0.15, -0.1) is 0 Å². The fourth-order valence-corrected chi connectivity index (χ4v) is 4.71. The van der Waals surface area contributed by atoms with Crippen molar-refractivity contribution in [2.24, 2.45) is 0 Å². The van der Waals surface area contributed by atoms with Gasteiger partial charge in [-0.25, -0.2) is 8.42 Å². The van der Waals surface area contributed by atoms with Gasteiger partial charge in [0.25, 0.3) is 0 Å². The van der Waals surface area contributed by atoms with Gasteiger partial charge >= 0.3 is 0 Å². The molecule has 0 saturated heterocycles. The maximum Gasteiger partial charge on any atom is 0.244 e. The average molecular weight is 529 g/mol. The first-order valence-corrected chi connectivity index (χ1v) is 13.4. The molecule has 0 bridgehead atoms. The number of amides is 2. The van der Waals surface area contributed by atoms with Crippen LogP contribution in [0.15, 0.2) is 48.5 Å². The quantitative estimate of drug-likeness (QED) is 0.520. The molecular weight excluding hydrogens is 497 g/mol. The van der Waals surface area contributed by atoms with Gasteiger partial charge in [-0.3, -0.25) is 13.9 Å². The molecule has 0 aromatic heterocycles. The Hall–Kier alpha value is -2.29. The molecular formula is C24H31Cl2N3O4S. The first-order chi connectivity index (χ1) is 15.7. The lowest BCUT2D eigenvalue weighted by Crippen LogP contribution is -2.55. The van der Waals surface area contributed by atoms with Gasteiger partial charge in [0.1, 0.15) is 12.6 Å². The van der Waals surface area contributed by atoms with Crippen molar-refractivity contribution < 1.29 is 18.0 Å². The Balaban J connectivity index is 2.48. The second kappa shape index (κ2) is 11.4. The van der Waals surface area contributed by atoms with Gasteiger partial charge < -0.3 is 10.2 Å². The minimum Gasteiger partial charge on any atom is -0.350 e. The van der Waals surface area contributed by atoms with Crippen molar-refractivity contribution in [3.8, 4) is 0 Å². The Morgan fingerprint density at radius 3 is 2.21 bits per heavy atom. The van der Waals surface area contributed by atoms with Crippen molar-refractivity contribution in [3.63, 3.8) is 0 Å². The summed E-state index contributed by atoms with van der Waals surface area (Å²) in [7, 11) is -3.90. The Kier molecular flexibility index (Phi) is 9.39. The van der Waals surface area contributed by atoms with E-state index in [9.17, 15) is 18.0 Å². The van der Waals surface area contributed by atoms with Crippen molar-refractivity contribution in [2.45, 2.75) is 52.2 Å². The fourth-order valence-electron chi connectivity index (χ4n) is 3.42. The predicted octanol–water partition coefficient (Wildman–Crippen LogP) is 4.48. The SMILES string of the molecule is CC[C@@H](C(=O)NC(C)(C)C)N(Cc1ccccc1)C(=O)CN(c1cc(Cl)ccc1Cl)S(C)(=O)=O. The molecule has 186 valence electrons. The van der Waals surface area contributed by atoms with Gasteiger partial charge in [0.2, 0.25) is 21.8 Å². The summed E-state index contributed by atoms with van der Waals surface area (Å²) in [5, 5.41) is 3.33. The number of nitrogens with one attached hydrogen (secondary N) is 1. The molecule has 34 heavy (non-hydrogen) atoms. The summed E-state index contributed by atoms with van der Waals surface area (Å²) in [5.74, 6) is -0.854. The van der Waals surface area contributed by atoms with Gasteiger partial charge in [-0.05, 0) is 51.0 Å². The smallest absolute Gasteiger partial charge is 0.244 e. The van der Waals surface area contributed by atoms with E-state index in [0.29, 0.717) is 6.42 Å². The standard InChI is InChI=1S/C24H31Cl2N3O4S/c1-6-20(23(31)27-24(2,3)4)28(15-17-10-8-7-9-11-17)22(30)16-29(34(5,32)33)21-14-18(25)12-13-19(21)26/h7-14,20H,6,15-16H2,1-5H3,(H,27,31)/t20-/m0/s1. The van der Waals surface area contributed by atoms with Crippen LogP contribution in [0.3, 0.4) is 0 Å². The third kappa shape index (κ3) is 7.89. The molecule has 0 fully saturated rings. The molecule has 7 nitrogen and oxygen atoms in total. The molecule has 0 aliphatic heterocycles. The molecule has 0 unspecified atom stereocenters. The molecule has 0 heterocycles. The number of nitrogens with zero attached hydrogens (tertiary/aromatic N) is 2. The van der Waals surface area contributed by atoms with Crippen LogP contribution >= 0.6 is 23.2 Å². The monoisotopic (exact) mass is 527 g/mol. The summed E-state index contributed by atoms with van der Waals surface area (Å²) in [6.07, 6.45) is 1.33. The lowest BCUT2D eigenvalue weighted by atomic mass is 10.1. The number of sulfonamides is 1. The van der Waals surface area contributed by atoms with Crippen molar-refractivity contribution in [1.29, 1.82) is 0 Å². The van der Waals surface area contributed by atoms with Crippen LogP contribution in [0.2, 0.25) is 10.0 Å². The first-order valence-electron chi connectivity index (χ1n) is 10.8. The van der Waals surface area contributed by atoms with Crippen LogP contribution in [0.5, 0.6) is 0 Å². The van der Waals surface area contributed by atoms with Crippen molar-refractivity contribution in [1.82, 2.24) is 10.2 Å². The van der Waals surface area contributed by atoms with Crippen LogP contribution in [-0.4, -0.2) is 49.5 Å². The summed E-state index contributed by atoms with van der Waals surface area (Å²) in [4.78, 5) is 28.1. The molecule has 2 rings (SSSR count). The lowest BCUT2D eigenvalue weighted by molar-refractivity contribution is -0.141. The minimum atomic E-state index is -3.90. The van der Waals surface area contributed by atoms with E-state index in [0.717, 1.165) is 16.1 Å². The third-order valence-electron chi connectivity index (χ3n) is 4.94. The molecule has 2 aromatic rings. The second-order valence-corrected chi connectivity index (χ2v) is 11.8. The molecule has 1 N–H and O–H groups in total. The second-order valence-electron chi connectivity index (χ2n) is 9.04. The number of halogens is 2. The highest BCUT2D eigenvalue weighted by Crippen LogP contribution is 2.31. The molecule has 0 saturated carbocycles. The number of hydrogen-bond donors (Lipinski definition) is 1. The Labute approximate surface area is 212 Å². The van der Waals surface area contributed by atoms with E-state index in [-0.39, 0.29) is 28.2 Å². The summed E-state index contributed by atoms with van der Waals surface area (Å²) >= 11 is 12.3. The number of rotatable bonds is 9. The van der Waals surface area contributed by atoms with Crippen molar-refractivity contribution in [3.05, 3.63) is 64.1 Å². The van der Waals surface area contributed by atoms with Crippen molar-refractivity contribution in [2.75, 3.05) is 17.1 Å². The van der Waals surface area contributed by atoms with Crippen LogP contribution in [0.25, 0.3) is 0 Å². The van der Waals surface area contributed by atoms with Gasteiger partial charge in [0.05, 0.1) is 17.0 Å². The zero-order valence-corrected chi connectivity index (χ0v) is 22.3. The third-order valence-corrected chi connectivity index (χ3v) is 6.62. The first kappa shape index (κ1) is 28.0. The molecule has 2 aromatic carbocycles. The van der Waals surface area contributed by atoms with E-state index in [1.54, 1.807) is 6.92 Å². The summed E-state index contributed by atoms with van der Waals surface area (Å²) in [6, 6.07) is 12.8. The normalized spacial score (nSPS) is 12.7. The van der Waals surface area contributed by atoms with E-state index in [1.165, 1.54) is 23.1 Å². The zero-order chi connectivity index (χ0) is 25.7. The minimum absolute atomic E-state index is 0.0943. The van der Waals surface area contributed by atoms with E-state index in [1.807, 2.05) is 51.1 Å². The van der Waals surface area contributed by atoms with Crippen LogP contribution in [0.1, 0.15) is 39.7 Å². The highest BCUT2D eigenvalue weighted by molar-refractivity contribution is 7.92. The molecule has 10 heteroatoms. The predicted molar refractivity (Wildman–Crippen MR) is 138 cm³/mol.